The lowest BCUT2D eigenvalue weighted by molar-refractivity contribution is -0.133. The Morgan fingerprint density at radius 2 is 2.00 bits per heavy atom. The van der Waals surface area contributed by atoms with E-state index >= 15 is 0 Å². The van der Waals surface area contributed by atoms with Crippen LogP contribution in [0.4, 0.5) is 0 Å². The first-order chi connectivity index (χ1) is 7.58. The predicted octanol–water partition coefficient (Wildman–Crippen LogP) is 2.20. The van der Waals surface area contributed by atoms with Gasteiger partial charge in [0.05, 0.1) is 6.04 Å². The molecule has 2 aliphatic rings. The van der Waals surface area contributed by atoms with Gasteiger partial charge in [-0.3, -0.25) is 4.79 Å². The number of halogens is 1. The van der Waals surface area contributed by atoms with Crippen LogP contribution >= 0.6 is 12.4 Å². The highest BCUT2D eigenvalue weighted by molar-refractivity contribution is 5.85. The van der Waals surface area contributed by atoms with Crippen molar-refractivity contribution in [3.63, 3.8) is 0 Å². The molecule has 0 aliphatic carbocycles. The van der Waals surface area contributed by atoms with Crippen LogP contribution in [0.2, 0.25) is 0 Å². The summed E-state index contributed by atoms with van der Waals surface area (Å²) in [4.78, 5) is 14.3. The van der Waals surface area contributed by atoms with Crippen LogP contribution in [0.3, 0.4) is 0 Å². The zero-order valence-electron chi connectivity index (χ0n) is 11.0. The Balaban J connectivity index is 0.00000144. The van der Waals surface area contributed by atoms with Crippen molar-refractivity contribution in [2.75, 3.05) is 19.6 Å². The minimum Gasteiger partial charge on any atom is -0.341 e. The number of rotatable bonds is 1. The van der Waals surface area contributed by atoms with Crippen molar-refractivity contribution in [2.45, 2.75) is 52.0 Å². The Bertz CT molecular complexity index is 262. The summed E-state index contributed by atoms with van der Waals surface area (Å²) in [5.74, 6) is 0.343. The van der Waals surface area contributed by atoms with Crippen LogP contribution in [0.5, 0.6) is 0 Å². The average Bonchev–Trinajstić information content (AvgIpc) is 2.69. The van der Waals surface area contributed by atoms with Gasteiger partial charge in [0.25, 0.3) is 0 Å². The van der Waals surface area contributed by atoms with Gasteiger partial charge in [-0.2, -0.15) is 0 Å². The number of likely N-dealkylation sites (tertiary alicyclic amines) is 1. The van der Waals surface area contributed by atoms with Crippen molar-refractivity contribution < 1.29 is 4.79 Å². The monoisotopic (exact) mass is 260 g/mol. The van der Waals surface area contributed by atoms with E-state index in [1.807, 2.05) is 0 Å². The SMILES string of the molecule is CC1(C)CCCN(C(=O)C2CCCN2)CC1.Cl. The van der Waals surface area contributed by atoms with Gasteiger partial charge < -0.3 is 10.2 Å². The molecule has 4 heteroatoms. The number of amides is 1. The summed E-state index contributed by atoms with van der Waals surface area (Å²) >= 11 is 0. The Kier molecular flexibility index (Phi) is 5.26. The van der Waals surface area contributed by atoms with Crippen LogP contribution in [-0.2, 0) is 4.79 Å². The van der Waals surface area contributed by atoms with E-state index in [2.05, 4.69) is 24.1 Å². The number of hydrogen-bond donors (Lipinski definition) is 1. The molecule has 17 heavy (non-hydrogen) atoms. The summed E-state index contributed by atoms with van der Waals surface area (Å²) in [5.41, 5.74) is 0.415. The molecule has 2 fully saturated rings. The molecule has 2 saturated heterocycles. The molecule has 0 saturated carbocycles. The number of carbonyl (C=O) groups is 1. The normalized spacial score (nSPS) is 28.4. The van der Waals surface area contributed by atoms with Gasteiger partial charge in [0, 0.05) is 13.1 Å². The number of nitrogens with zero attached hydrogens (tertiary/aromatic N) is 1. The lowest BCUT2D eigenvalue weighted by Crippen LogP contribution is -2.44. The second-order valence-electron chi connectivity index (χ2n) is 5.99. The summed E-state index contributed by atoms with van der Waals surface area (Å²) < 4.78 is 0. The molecule has 2 aliphatic heterocycles. The van der Waals surface area contributed by atoms with Gasteiger partial charge in [-0.25, -0.2) is 0 Å². The molecule has 1 atom stereocenters. The van der Waals surface area contributed by atoms with E-state index in [4.69, 9.17) is 0 Å². The van der Waals surface area contributed by atoms with Crippen LogP contribution in [0.25, 0.3) is 0 Å². The van der Waals surface area contributed by atoms with Gasteiger partial charge in [0.15, 0.2) is 0 Å². The van der Waals surface area contributed by atoms with E-state index in [9.17, 15) is 4.79 Å². The third-order valence-electron chi connectivity index (χ3n) is 4.01. The number of carbonyl (C=O) groups excluding carboxylic acids is 1. The summed E-state index contributed by atoms with van der Waals surface area (Å²) in [6.45, 7) is 7.55. The Morgan fingerprint density at radius 1 is 1.24 bits per heavy atom. The largest absolute Gasteiger partial charge is 0.341 e. The molecule has 2 rings (SSSR count). The summed E-state index contributed by atoms with van der Waals surface area (Å²) in [6, 6.07) is 0.112. The van der Waals surface area contributed by atoms with Crippen LogP contribution in [-0.4, -0.2) is 36.5 Å². The van der Waals surface area contributed by atoms with E-state index in [0.717, 1.165) is 45.3 Å². The lowest BCUT2D eigenvalue weighted by atomic mass is 9.85. The molecule has 2 heterocycles. The molecule has 1 amide bonds. The highest BCUT2D eigenvalue weighted by atomic mass is 35.5. The van der Waals surface area contributed by atoms with Gasteiger partial charge in [0.2, 0.25) is 5.91 Å². The zero-order valence-corrected chi connectivity index (χ0v) is 11.8. The molecule has 0 aromatic heterocycles. The lowest BCUT2D eigenvalue weighted by Gasteiger charge is -2.25. The van der Waals surface area contributed by atoms with Crippen molar-refractivity contribution in [3.8, 4) is 0 Å². The first kappa shape index (κ1) is 14.8. The van der Waals surface area contributed by atoms with Gasteiger partial charge in [-0.1, -0.05) is 13.8 Å². The topological polar surface area (TPSA) is 32.3 Å². The summed E-state index contributed by atoms with van der Waals surface area (Å²) in [5, 5.41) is 3.30. The standard InChI is InChI=1S/C13H24N2O.ClH/c1-13(2)6-4-9-15(10-7-13)12(16)11-5-3-8-14-11;/h11,14H,3-10H2,1-2H3;1H. The predicted molar refractivity (Wildman–Crippen MR) is 72.5 cm³/mol. The maximum absolute atomic E-state index is 12.2. The van der Waals surface area contributed by atoms with Crippen LogP contribution in [0.15, 0.2) is 0 Å². The fourth-order valence-electron chi connectivity index (χ4n) is 2.76. The molecular weight excluding hydrogens is 236 g/mol. The van der Waals surface area contributed by atoms with E-state index in [1.165, 1.54) is 6.42 Å². The molecule has 0 aromatic rings. The van der Waals surface area contributed by atoms with Crippen LogP contribution < -0.4 is 5.32 Å². The van der Waals surface area contributed by atoms with Gasteiger partial charge in [0.1, 0.15) is 0 Å². The highest BCUT2D eigenvalue weighted by Gasteiger charge is 2.30. The van der Waals surface area contributed by atoms with E-state index < -0.39 is 0 Å². The fourth-order valence-corrected chi connectivity index (χ4v) is 2.76. The number of hydrogen-bond acceptors (Lipinski definition) is 2. The smallest absolute Gasteiger partial charge is 0.239 e. The third kappa shape index (κ3) is 3.85. The van der Waals surface area contributed by atoms with Gasteiger partial charge >= 0.3 is 0 Å². The Labute approximate surface area is 111 Å². The van der Waals surface area contributed by atoms with Crippen molar-refractivity contribution >= 4 is 18.3 Å². The molecule has 3 nitrogen and oxygen atoms in total. The summed E-state index contributed by atoms with van der Waals surface area (Å²) in [6.07, 6.45) is 5.72. The number of nitrogens with one attached hydrogen (secondary N) is 1. The fraction of sp³-hybridized carbons (Fsp3) is 0.923. The van der Waals surface area contributed by atoms with Crippen LogP contribution in [0.1, 0.15) is 46.0 Å². The van der Waals surface area contributed by atoms with Crippen molar-refractivity contribution in [1.82, 2.24) is 10.2 Å². The van der Waals surface area contributed by atoms with E-state index in [0.29, 0.717) is 11.3 Å². The molecule has 0 spiro atoms. The van der Waals surface area contributed by atoms with Gasteiger partial charge in [-0.05, 0) is 44.1 Å². The summed E-state index contributed by atoms with van der Waals surface area (Å²) in [7, 11) is 0. The minimum absolute atomic E-state index is 0. The zero-order chi connectivity index (χ0) is 11.6. The molecule has 1 N–H and O–H groups in total. The maximum Gasteiger partial charge on any atom is 0.239 e. The highest BCUT2D eigenvalue weighted by Crippen LogP contribution is 2.30. The molecule has 0 bridgehead atoms. The van der Waals surface area contributed by atoms with Crippen LogP contribution in [0, 0.1) is 5.41 Å². The van der Waals surface area contributed by atoms with E-state index in [1.54, 1.807) is 0 Å². The average molecular weight is 261 g/mol. The third-order valence-corrected chi connectivity index (χ3v) is 4.01. The van der Waals surface area contributed by atoms with E-state index in [-0.39, 0.29) is 18.4 Å². The van der Waals surface area contributed by atoms with Crippen molar-refractivity contribution in [3.05, 3.63) is 0 Å². The quantitative estimate of drug-likeness (QED) is 0.784. The Hall–Kier alpha value is -0.280. The van der Waals surface area contributed by atoms with Gasteiger partial charge in [-0.15, -0.1) is 12.4 Å². The minimum atomic E-state index is 0. The molecule has 1 unspecified atom stereocenters. The first-order valence-corrected chi connectivity index (χ1v) is 6.61. The second-order valence-corrected chi connectivity index (χ2v) is 5.99. The van der Waals surface area contributed by atoms with Crippen molar-refractivity contribution in [1.29, 1.82) is 0 Å². The maximum atomic E-state index is 12.2. The molecule has 0 radical (unpaired) electrons. The Morgan fingerprint density at radius 3 is 2.65 bits per heavy atom. The second kappa shape index (κ2) is 6.05. The first-order valence-electron chi connectivity index (χ1n) is 6.61. The van der Waals surface area contributed by atoms with Crippen molar-refractivity contribution in [2.24, 2.45) is 5.41 Å². The molecule has 100 valence electrons. The molecular formula is C13H25ClN2O. The molecule has 0 aromatic carbocycles.